The van der Waals surface area contributed by atoms with Crippen molar-refractivity contribution in [1.82, 2.24) is 13.9 Å². The highest BCUT2D eigenvalue weighted by molar-refractivity contribution is 7.89. The summed E-state index contributed by atoms with van der Waals surface area (Å²) in [5.41, 5.74) is 0. The standard InChI is InChI=1S/C15H19N3O4S/c1-11-16-6-7-18(11)12-9-17(10-12)23(19,20)15-8-13(21-2)4-5-14(15)22-3/h4-8,12H,9-10H2,1-3H3. The maximum absolute atomic E-state index is 12.8. The average Bonchev–Trinajstić information content (AvgIpc) is 2.91. The van der Waals surface area contributed by atoms with Gasteiger partial charge < -0.3 is 14.0 Å². The zero-order valence-corrected chi connectivity index (χ0v) is 14.1. The van der Waals surface area contributed by atoms with Crippen molar-refractivity contribution in [3.05, 3.63) is 36.4 Å². The molecule has 1 aromatic carbocycles. The molecule has 0 unspecified atom stereocenters. The molecule has 0 amide bonds. The van der Waals surface area contributed by atoms with Crippen molar-refractivity contribution in [2.24, 2.45) is 0 Å². The van der Waals surface area contributed by atoms with Gasteiger partial charge in [-0.05, 0) is 19.1 Å². The third-order valence-electron chi connectivity index (χ3n) is 4.07. The summed E-state index contributed by atoms with van der Waals surface area (Å²) < 4.78 is 39.4. The fourth-order valence-electron chi connectivity index (χ4n) is 2.69. The van der Waals surface area contributed by atoms with E-state index in [1.807, 2.05) is 17.7 Å². The Morgan fingerprint density at radius 3 is 2.52 bits per heavy atom. The molecule has 23 heavy (non-hydrogen) atoms. The lowest BCUT2D eigenvalue weighted by Crippen LogP contribution is -2.50. The molecule has 0 bridgehead atoms. The van der Waals surface area contributed by atoms with Crippen LogP contribution < -0.4 is 9.47 Å². The van der Waals surface area contributed by atoms with Crippen LogP contribution in [0.5, 0.6) is 11.5 Å². The summed E-state index contributed by atoms with van der Waals surface area (Å²) in [6.45, 7) is 2.74. The van der Waals surface area contributed by atoms with E-state index in [1.54, 1.807) is 18.3 Å². The van der Waals surface area contributed by atoms with Crippen molar-refractivity contribution in [2.45, 2.75) is 17.9 Å². The zero-order chi connectivity index (χ0) is 16.6. The first-order valence-electron chi connectivity index (χ1n) is 7.19. The molecule has 7 nitrogen and oxygen atoms in total. The van der Waals surface area contributed by atoms with E-state index in [9.17, 15) is 8.42 Å². The topological polar surface area (TPSA) is 73.7 Å². The number of hydrogen-bond donors (Lipinski definition) is 0. The predicted octanol–water partition coefficient (Wildman–Crippen LogP) is 1.45. The van der Waals surface area contributed by atoms with Gasteiger partial charge in [0.05, 0.1) is 20.3 Å². The van der Waals surface area contributed by atoms with E-state index < -0.39 is 10.0 Å². The lowest BCUT2D eigenvalue weighted by molar-refractivity contribution is 0.201. The Labute approximate surface area is 135 Å². The highest BCUT2D eigenvalue weighted by atomic mass is 32.2. The fraction of sp³-hybridized carbons (Fsp3) is 0.400. The Hall–Kier alpha value is -2.06. The Morgan fingerprint density at radius 2 is 1.96 bits per heavy atom. The molecular formula is C15H19N3O4S. The van der Waals surface area contributed by atoms with E-state index >= 15 is 0 Å². The van der Waals surface area contributed by atoms with Crippen LogP contribution in [-0.2, 0) is 10.0 Å². The van der Waals surface area contributed by atoms with Crippen molar-refractivity contribution in [3.63, 3.8) is 0 Å². The van der Waals surface area contributed by atoms with Gasteiger partial charge in [0.2, 0.25) is 10.0 Å². The van der Waals surface area contributed by atoms with Gasteiger partial charge in [-0.25, -0.2) is 13.4 Å². The van der Waals surface area contributed by atoms with Gasteiger partial charge in [-0.2, -0.15) is 4.31 Å². The Kier molecular flexibility index (Phi) is 4.03. The minimum Gasteiger partial charge on any atom is -0.497 e. The number of ether oxygens (including phenoxy) is 2. The maximum Gasteiger partial charge on any atom is 0.247 e. The van der Waals surface area contributed by atoms with Crippen molar-refractivity contribution in [1.29, 1.82) is 0 Å². The van der Waals surface area contributed by atoms with Crippen LogP contribution in [0.3, 0.4) is 0 Å². The molecule has 0 radical (unpaired) electrons. The number of aryl methyl sites for hydroxylation is 1. The lowest BCUT2D eigenvalue weighted by Gasteiger charge is -2.39. The third kappa shape index (κ3) is 2.68. The number of aromatic nitrogens is 2. The quantitative estimate of drug-likeness (QED) is 0.826. The maximum atomic E-state index is 12.8. The van der Waals surface area contributed by atoms with Gasteiger partial charge in [0.15, 0.2) is 0 Å². The molecule has 1 saturated heterocycles. The molecule has 8 heteroatoms. The molecule has 1 aliphatic heterocycles. The second-order valence-electron chi connectivity index (χ2n) is 5.37. The van der Waals surface area contributed by atoms with E-state index in [0.29, 0.717) is 24.6 Å². The number of benzene rings is 1. The van der Waals surface area contributed by atoms with Crippen molar-refractivity contribution in [3.8, 4) is 11.5 Å². The molecule has 1 aliphatic rings. The second-order valence-corrected chi connectivity index (χ2v) is 7.28. The van der Waals surface area contributed by atoms with E-state index in [1.165, 1.54) is 24.6 Å². The summed E-state index contributed by atoms with van der Waals surface area (Å²) in [6, 6.07) is 4.88. The van der Waals surface area contributed by atoms with Gasteiger partial charge >= 0.3 is 0 Å². The Bertz CT molecular complexity index is 810. The van der Waals surface area contributed by atoms with Crippen LogP contribution in [-0.4, -0.2) is 49.6 Å². The highest BCUT2D eigenvalue weighted by Crippen LogP contribution is 2.35. The monoisotopic (exact) mass is 337 g/mol. The van der Waals surface area contributed by atoms with Crippen LogP contribution in [0.4, 0.5) is 0 Å². The molecule has 1 aromatic heterocycles. The van der Waals surface area contributed by atoms with Crippen molar-refractivity contribution in [2.75, 3.05) is 27.3 Å². The fourth-order valence-corrected chi connectivity index (χ4v) is 4.37. The Morgan fingerprint density at radius 1 is 1.22 bits per heavy atom. The van der Waals surface area contributed by atoms with E-state index in [4.69, 9.17) is 9.47 Å². The summed E-state index contributed by atoms with van der Waals surface area (Å²) in [5, 5.41) is 0. The summed E-state index contributed by atoms with van der Waals surface area (Å²) in [4.78, 5) is 4.30. The number of nitrogens with zero attached hydrogens (tertiary/aromatic N) is 3. The van der Waals surface area contributed by atoms with Crippen molar-refractivity contribution < 1.29 is 17.9 Å². The molecule has 1 fully saturated rings. The van der Waals surface area contributed by atoms with Crippen LogP contribution >= 0.6 is 0 Å². The largest absolute Gasteiger partial charge is 0.497 e. The first-order chi connectivity index (χ1) is 11.0. The number of imidazole rings is 1. The van der Waals surface area contributed by atoms with Crippen LogP contribution in [0.1, 0.15) is 11.9 Å². The summed E-state index contributed by atoms with van der Waals surface area (Å²) >= 11 is 0. The summed E-state index contributed by atoms with van der Waals surface area (Å²) in [6.07, 6.45) is 3.59. The Balaban J connectivity index is 1.85. The van der Waals surface area contributed by atoms with Crippen LogP contribution in [0.15, 0.2) is 35.5 Å². The number of rotatable bonds is 5. The van der Waals surface area contributed by atoms with Gasteiger partial charge in [-0.3, -0.25) is 0 Å². The van der Waals surface area contributed by atoms with Crippen LogP contribution in [0, 0.1) is 6.92 Å². The molecule has 0 aliphatic carbocycles. The van der Waals surface area contributed by atoms with Crippen molar-refractivity contribution >= 4 is 10.0 Å². The molecule has 2 heterocycles. The van der Waals surface area contributed by atoms with E-state index in [0.717, 1.165) is 5.82 Å². The summed E-state index contributed by atoms with van der Waals surface area (Å²) in [5.74, 6) is 1.67. The number of hydrogen-bond acceptors (Lipinski definition) is 5. The number of sulfonamides is 1. The predicted molar refractivity (Wildman–Crippen MR) is 84.3 cm³/mol. The third-order valence-corrected chi connectivity index (χ3v) is 5.93. The molecule has 0 N–H and O–H groups in total. The van der Waals surface area contributed by atoms with Gasteiger partial charge in [0.1, 0.15) is 22.2 Å². The number of methoxy groups -OCH3 is 2. The SMILES string of the molecule is COc1ccc(OC)c(S(=O)(=O)N2CC(n3ccnc3C)C2)c1. The second kappa shape index (κ2) is 5.86. The molecule has 3 rings (SSSR count). The van der Waals surface area contributed by atoms with Gasteiger partial charge in [-0.1, -0.05) is 0 Å². The van der Waals surface area contributed by atoms with E-state index in [-0.39, 0.29) is 10.9 Å². The average molecular weight is 337 g/mol. The highest BCUT2D eigenvalue weighted by Gasteiger charge is 2.39. The first-order valence-corrected chi connectivity index (χ1v) is 8.63. The molecule has 0 spiro atoms. The summed E-state index contributed by atoms with van der Waals surface area (Å²) in [7, 11) is -0.667. The normalized spacial score (nSPS) is 16.1. The van der Waals surface area contributed by atoms with Gasteiger partial charge in [-0.15, -0.1) is 0 Å². The molecule has 0 atom stereocenters. The van der Waals surface area contributed by atoms with E-state index in [2.05, 4.69) is 4.98 Å². The van der Waals surface area contributed by atoms with Gasteiger partial charge in [0.25, 0.3) is 0 Å². The van der Waals surface area contributed by atoms with Crippen LogP contribution in [0.2, 0.25) is 0 Å². The smallest absolute Gasteiger partial charge is 0.247 e. The van der Waals surface area contributed by atoms with Gasteiger partial charge in [0, 0.05) is 31.5 Å². The minimum absolute atomic E-state index is 0.115. The van der Waals surface area contributed by atoms with Crippen LogP contribution in [0.25, 0.3) is 0 Å². The zero-order valence-electron chi connectivity index (χ0n) is 13.3. The molecule has 2 aromatic rings. The first kappa shape index (κ1) is 15.8. The molecular weight excluding hydrogens is 318 g/mol. The molecule has 0 saturated carbocycles. The minimum atomic E-state index is -3.62. The molecule has 124 valence electrons. The lowest BCUT2D eigenvalue weighted by atomic mass is 10.2.